The number of aryl methyl sites for hydroxylation is 2. The maximum atomic E-state index is 13.2. The molecule has 1 aromatic carbocycles. The molecule has 1 aliphatic rings. The minimum atomic E-state index is -0.726. The highest BCUT2D eigenvalue weighted by molar-refractivity contribution is 5.97. The van der Waals surface area contributed by atoms with Gasteiger partial charge in [0.05, 0.1) is 12.2 Å². The van der Waals surface area contributed by atoms with E-state index >= 15 is 0 Å². The third-order valence-corrected chi connectivity index (χ3v) is 5.37. The van der Waals surface area contributed by atoms with E-state index < -0.39 is 6.10 Å². The fourth-order valence-electron chi connectivity index (χ4n) is 3.77. The lowest BCUT2D eigenvalue weighted by Gasteiger charge is -2.35. The molecule has 4 rings (SSSR count). The standard InChI is InChI=1S/C21H24N6O3/c1-13-15(14(2)27-21(24-13)22-12-23-27)9-10-19(28)26-11-18(20(29)25(3)4)30-17-8-6-5-7-16(17)26/h5-8,12,18H,9-11H2,1-4H3. The Morgan fingerprint density at radius 1 is 1.23 bits per heavy atom. The Hall–Kier alpha value is -3.49. The van der Waals surface area contributed by atoms with Gasteiger partial charge in [0.1, 0.15) is 12.1 Å². The van der Waals surface area contributed by atoms with Crippen LogP contribution < -0.4 is 9.64 Å². The molecule has 1 atom stereocenters. The number of amides is 2. The summed E-state index contributed by atoms with van der Waals surface area (Å²) in [6, 6.07) is 7.30. The first kappa shape index (κ1) is 19.8. The highest BCUT2D eigenvalue weighted by Crippen LogP contribution is 2.34. The molecule has 156 valence electrons. The topological polar surface area (TPSA) is 92.9 Å². The van der Waals surface area contributed by atoms with E-state index in [1.54, 1.807) is 29.6 Å². The molecule has 3 aromatic rings. The van der Waals surface area contributed by atoms with Gasteiger partial charge in [-0.2, -0.15) is 10.1 Å². The van der Waals surface area contributed by atoms with Crippen molar-refractivity contribution in [3.63, 3.8) is 0 Å². The van der Waals surface area contributed by atoms with Crippen LogP contribution in [0, 0.1) is 13.8 Å². The number of anilines is 1. The number of fused-ring (bicyclic) bond motifs is 2. The minimum Gasteiger partial charge on any atom is -0.476 e. The van der Waals surface area contributed by atoms with Crippen molar-refractivity contribution in [3.05, 3.63) is 47.5 Å². The largest absolute Gasteiger partial charge is 0.476 e. The second kappa shape index (κ2) is 7.74. The second-order valence-corrected chi connectivity index (χ2v) is 7.54. The predicted octanol–water partition coefficient (Wildman–Crippen LogP) is 1.56. The van der Waals surface area contributed by atoms with E-state index in [-0.39, 0.29) is 24.8 Å². The fraction of sp³-hybridized carbons (Fsp3) is 0.381. The minimum absolute atomic E-state index is 0.0696. The summed E-state index contributed by atoms with van der Waals surface area (Å²) in [5.74, 6) is 0.845. The Bertz CT molecular complexity index is 1120. The molecular weight excluding hydrogens is 384 g/mol. The number of benzene rings is 1. The zero-order chi connectivity index (χ0) is 21.4. The third-order valence-electron chi connectivity index (χ3n) is 5.37. The molecule has 0 saturated carbocycles. The second-order valence-electron chi connectivity index (χ2n) is 7.54. The lowest BCUT2D eigenvalue weighted by molar-refractivity contribution is -0.136. The van der Waals surface area contributed by atoms with Gasteiger partial charge in [0, 0.05) is 31.9 Å². The number of likely N-dealkylation sites (N-methyl/N-ethyl adjacent to an activating group) is 1. The van der Waals surface area contributed by atoms with E-state index in [0.29, 0.717) is 23.6 Å². The van der Waals surface area contributed by atoms with Crippen LogP contribution in [0.2, 0.25) is 0 Å². The van der Waals surface area contributed by atoms with Gasteiger partial charge in [0.15, 0.2) is 6.10 Å². The average Bonchev–Trinajstić information content (AvgIpc) is 3.20. The quantitative estimate of drug-likeness (QED) is 0.650. The lowest BCUT2D eigenvalue weighted by atomic mass is 10.1. The number of nitrogens with zero attached hydrogens (tertiary/aromatic N) is 6. The first-order valence-corrected chi connectivity index (χ1v) is 9.80. The van der Waals surface area contributed by atoms with Crippen molar-refractivity contribution in [2.24, 2.45) is 0 Å². The van der Waals surface area contributed by atoms with Gasteiger partial charge in [0.2, 0.25) is 5.91 Å². The van der Waals surface area contributed by atoms with Crippen molar-refractivity contribution >= 4 is 23.3 Å². The van der Waals surface area contributed by atoms with E-state index in [0.717, 1.165) is 17.0 Å². The number of ether oxygens (including phenoxy) is 1. The maximum absolute atomic E-state index is 13.2. The van der Waals surface area contributed by atoms with Crippen molar-refractivity contribution in [1.82, 2.24) is 24.5 Å². The Labute approximate surface area is 174 Å². The van der Waals surface area contributed by atoms with Crippen LogP contribution in [0.4, 0.5) is 5.69 Å². The Morgan fingerprint density at radius 3 is 2.77 bits per heavy atom. The highest BCUT2D eigenvalue weighted by atomic mass is 16.5. The zero-order valence-corrected chi connectivity index (χ0v) is 17.5. The van der Waals surface area contributed by atoms with Crippen molar-refractivity contribution < 1.29 is 14.3 Å². The molecule has 0 bridgehead atoms. The molecule has 3 heterocycles. The van der Waals surface area contributed by atoms with Gasteiger partial charge in [-0.15, -0.1) is 0 Å². The van der Waals surface area contributed by atoms with Gasteiger partial charge < -0.3 is 14.5 Å². The van der Waals surface area contributed by atoms with Gasteiger partial charge in [-0.1, -0.05) is 12.1 Å². The van der Waals surface area contributed by atoms with Gasteiger partial charge in [-0.05, 0) is 38.0 Å². The molecule has 0 aliphatic carbocycles. The van der Waals surface area contributed by atoms with Crippen LogP contribution in [0.3, 0.4) is 0 Å². The first-order valence-electron chi connectivity index (χ1n) is 9.80. The van der Waals surface area contributed by atoms with Crippen molar-refractivity contribution in [3.8, 4) is 5.75 Å². The molecule has 9 heteroatoms. The number of para-hydroxylation sites is 2. The summed E-state index contributed by atoms with van der Waals surface area (Å²) in [7, 11) is 3.36. The maximum Gasteiger partial charge on any atom is 0.265 e. The summed E-state index contributed by atoms with van der Waals surface area (Å²) in [4.78, 5) is 37.4. The van der Waals surface area contributed by atoms with Gasteiger partial charge >= 0.3 is 0 Å². The van der Waals surface area contributed by atoms with Crippen LogP contribution >= 0.6 is 0 Å². The predicted molar refractivity (Wildman–Crippen MR) is 110 cm³/mol. The number of rotatable bonds is 4. The molecule has 0 N–H and O–H groups in total. The lowest BCUT2D eigenvalue weighted by Crippen LogP contribution is -2.50. The van der Waals surface area contributed by atoms with Crippen LogP contribution in [-0.2, 0) is 16.0 Å². The molecule has 2 aromatic heterocycles. The monoisotopic (exact) mass is 408 g/mol. The normalized spacial score (nSPS) is 15.6. The van der Waals surface area contributed by atoms with Gasteiger partial charge in [-0.25, -0.2) is 9.50 Å². The van der Waals surface area contributed by atoms with E-state index in [2.05, 4.69) is 15.1 Å². The van der Waals surface area contributed by atoms with Gasteiger partial charge in [-0.3, -0.25) is 9.59 Å². The summed E-state index contributed by atoms with van der Waals surface area (Å²) >= 11 is 0. The van der Waals surface area contributed by atoms with Crippen LogP contribution in [0.1, 0.15) is 23.4 Å². The van der Waals surface area contributed by atoms with E-state index in [9.17, 15) is 9.59 Å². The summed E-state index contributed by atoms with van der Waals surface area (Å²) in [5, 5.41) is 4.20. The van der Waals surface area contributed by atoms with Crippen LogP contribution in [-0.4, -0.2) is 63.0 Å². The van der Waals surface area contributed by atoms with E-state index in [1.165, 1.54) is 11.2 Å². The van der Waals surface area contributed by atoms with Crippen LogP contribution in [0.5, 0.6) is 5.75 Å². The average molecular weight is 408 g/mol. The summed E-state index contributed by atoms with van der Waals surface area (Å²) in [6.07, 6.45) is 1.54. The van der Waals surface area contributed by atoms with Crippen molar-refractivity contribution in [2.45, 2.75) is 32.8 Å². The number of carbonyl (C=O) groups is 2. The number of aromatic nitrogens is 4. The summed E-state index contributed by atoms with van der Waals surface area (Å²) in [5.41, 5.74) is 3.42. The Morgan fingerprint density at radius 2 is 2.00 bits per heavy atom. The highest BCUT2D eigenvalue weighted by Gasteiger charge is 2.34. The molecule has 0 saturated heterocycles. The van der Waals surface area contributed by atoms with Gasteiger partial charge in [0.25, 0.3) is 11.7 Å². The number of hydrogen-bond acceptors (Lipinski definition) is 6. The molecule has 0 fully saturated rings. The summed E-state index contributed by atoms with van der Waals surface area (Å²) in [6.45, 7) is 4.05. The molecule has 30 heavy (non-hydrogen) atoms. The van der Waals surface area contributed by atoms with Crippen LogP contribution in [0.15, 0.2) is 30.6 Å². The van der Waals surface area contributed by atoms with Crippen LogP contribution in [0.25, 0.3) is 5.78 Å². The molecule has 0 radical (unpaired) electrons. The smallest absolute Gasteiger partial charge is 0.265 e. The zero-order valence-electron chi connectivity index (χ0n) is 17.5. The number of carbonyl (C=O) groups excluding carboxylic acids is 2. The number of hydrogen-bond donors (Lipinski definition) is 0. The molecule has 2 amide bonds. The Balaban J connectivity index is 1.57. The molecule has 9 nitrogen and oxygen atoms in total. The van der Waals surface area contributed by atoms with Crippen molar-refractivity contribution in [2.75, 3.05) is 25.5 Å². The molecule has 0 spiro atoms. The molecular formula is C21H24N6O3. The molecule has 1 aliphatic heterocycles. The fourth-order valence-corrected chi connectivity index (χ4v) is 3.77. The van der Waals surface area contributed by atoms with E-state index in [1.807, 2.05) is 32.0 Å². The molecule has 1 unspecified atom stereocenters. The Kier molecular flexibility index (Phi) is 5.11. The summed E-state index contributed by atoms with van der Waals surface area (Å²) < 4.78 is 7.55. The first-order chi connectivity index (χ1) is 14.4. The van der Waals surface area contributed by atoms with E-state index in [4.69, 9.17) is 4.74 Å². The third kappa shape index (κ3) is 3.47. The SMILES string of the molecule is Cc1nc2ncnn2c(C)c1CCC(=O)N1CC(C(=O)N(C)C)Oc2ccccc21. The van der Waals surface area contributed by atoms with Crippen molar-refractivity contribution in [1.29, 1.82) is 0 Å².